The normalized spacial score (nSPS) is 10.5. The minimum absolute atomic E-state index is 0.00750. The second-order valence-electron chi connectivity index (χ2n) is 6.64. The summed E-state index contributed by atoms with van der Waals surface area (Å²) in [5.74, 6) is -0.208. The van der Waals surface area contributed by atoms with Crippen LogP contribution in [0.1, 0.15) is 40.0 Å². The van der Waals surface area contributed by atoms with Crippen molar-refractivity contribution in [1.29, 1.82) is 0 Å². The molecule has 3 rings (SSSR count). The molecular weight excluding hydrogens is 436 g/mol. The van der Waals surface area contributed by atoms with Crippen molar-refractivity contribution in [3.05, 3.63) is 57.2 Å². The molecule has 3 aromatic rings. The second-order valence-corrected chi connectivity index (χ2v) is 8.77. The Morgan fingerprint density at radius 2 is 1.87 bits per heavy atom. The van der Waals surface area contributed by atoms with Crippen molar-refractivity contribution >= 4 is 51.2 Å². The lowest BCUT2D eigenvalue weighted by Crippen LogP contribution is -2.23. The van der Waals surface area contributed by atoms with Gasteiger partial charge in [-0.15, -0.1) is 22.7 Å². The summed E-state index contributed by atoms with van der Waals surface area (Å²) in [7, 11) is 1.54. The Labute approximate surface area is 188 Å². The molecule has 0 saturated carbocycles. The standard InChI is InChI=1S/C22H22N2O5S2/c1-14-8-10-20(31-14)18(26)9-11-21(27)29-12-16-13-30-22(23-16)24(15(2)25)17-6-4-5-7-19(17)28-3/h4-8,10,13H,9,11-12H2,1-3H3. The third-order valence-corrected chi connectivity index (χ3v) is 6.24. The summed E-state index contributed by atoms with van der Waals surface area (Å²) in [5, 5.41) is 2.18. The number of benzene rings is 1. The maximum absolute atomic E-state index is 12.3. The van der Waals surface area contributed by atoms with E-state index < -0.39 is 5.97 Å². The number of ether oxygens (including phenoxy) is 2. The zero-order valence-electron chi connectivity index (χ0n) is 17.4. The molecule has 0 N–H and O–H groups in total. The number of carbonyl (C=O) groups is 3. The number of hydrogen-bond donors (Lipinski definition) is 0. The first-order valence-corrected chi connectivity index (χ1v) is 11.2. The average Bonchev–Trinajstić information content (AvgIpc) is 3.40. The number of carbonyl (C=O) groups excluding carboxylic acids is 3. The van der Waals surface area contributed by atoms with Gasteiger partial charge < -0.3 is 9.47 Å². The SMILES string of the molecule is COc1ccccc1N(C(C)=O)c1nc(COC(=O)CCC(=O)c2ccc(C)s2)cs1. The first kappa shape index (κ1) is 22.6. The topological polar surface area (TPSA) is 85.8 Å². The van der Waals surface area contributed by atoms with Crippen LogP contribution in [0.2, 0.25) is 0 Å². The van der Waals surface area contributed by atoms with Gasteiger partial charge in [0.2, 0.25) is 5.91 Å². The lowest BCUT2D eigenvalue weighted by molar-refractivity contribution is -0.145. The number of ketones is 1. The summed E-state index contributed by atoms with van der Waals surface area (Å²) in [6, 6.07) is 10.8. The Hall–Kier alpha value is -3.04. The number of rotatable bonds is 9. The number of esters is 1. The number of thiophene rings is 1. The first-order chi connectivity index (χ1) is 14.9. The molecule has 0 aliphatic carbocycles. The Morgan fingerprint density at radius 1 is 1.10 bits per heavy atom. The zero-order chi connectivity index (χ0) is 22.4. The molecule has 0 fully saturated rings. The summed E-state index contributed by atoms with van der Waals surface area (Å²) in [6.45, 7) is 3.35. The molecule has 7 nitrogen and oxygen atoms in total. The van der Waals surface area contributed by atoms with Gasteiger partial charge >= 0.3 is 5.97 Å². The van der Waals surface area contributed by atoms with Crippen LogP contribution in [0, 0.1) is 6.92 Å². The van der Waals surface area contributed by atoms with E-state index in [4.69, 9.17) is 9.47 Å². The van der Waals surface area contributed by atoms with Crippen molar-refractivity contribution in [3.8, 4) is 5.75 Å². The van der Waals surface area contributed by atoms with Crippen LogP contribution in [0.4, 0.5) is 10.8 Å². The van der Waals surface area contributed by atoms with Crippen molar-refractivity contribution in [2.24, 2.45) is 0 Å². The Kier molecular flexibility index (Phi) is 7.54. The van der Waals surface area contributed by atoms with Crippen molar-refractivity contribution in [2.75, 3.05) is 12.0 Å². The fraction of sp³-hybridized carbons (Fsp3) is 0.273. The van der Waals surface area contributed by atoms with Crippen LogP contribution >= 0.6 is 22.7 Å². The van der Waals surface area contributed by atoms with E-state index in [0.717, 1.165) is 4.88 Å². The predicted octanol–water partition coefficient (Wildman–Crippen LogP) is 4.91. The molecule has 2 aromatic heterocycles. The van der Waals surface area contributed by atoms with Crippen LogP contribution < -0.4 is 9.64 Å². The van der Waals surface area contributed by atoms with Crippen LogP contribution in [0.5, 0.6) is 5.75 Å². The third-order valence-electron chi connectivity index (χ3n) is 4.32. The molecule has 162 valence electrons. The largest absolute Gasteiger partial charge is 0.495 e. The molecule has 31 heavy (non-hydrogen) atoms. The Bertz CT molecular complexity index is 1090. The highest BCUT2D eigenvalue weighted by molar-refractivity contribution is 7.14. The van der Waals surface area contributed by atoms with Gasteiger partial charge in [-0.3, -0.25) is 19.3 Å². The minimum Gasteiger partial charge on any atom is -0.495 e. The summed E-state index contributed by atoms with van der Waals surface area (Å²) in [6.07, 6.45) is 0.112. The number of methoxy groups -OCH3 is 1. The van der Waals surface area contributed by atoms with Gasteiger partial charge in [0.15, 0.2) is 10.9 Å². The number of aryl methyl sites for hydroxylation is 1. The number of aromatic nitrogens is 1. The first-order valence-electron chi connectivity index (χ1n) is 9.52. The van der Waals surface area contributed by atoms with E-state index in [2.05, 4.69) is 4.98 Å². The van der Waals surface area contributed by atoms with Crippen LogP contribution in [-0.2, 0) is 20.9 Å². The maximum Gasteiger partial charge on any atom is 0.306 e. The fourth-order valence-electron chi connectivity index (χ4n) is 2.84. The predicted molar refractivity (Wildman–Crippen MR) is 120 cm³/mol. The quantitative estimate of drug-likeness (QED) is 0.334. The number of hydrogen-bond acceptors (Lipinski definition) is 8. The lowest BCUT2D eigenvalue weighted by Gasteiger charge is -2.20. The molecule has 0 radical (unpaired) electrons. The summed E-state index contributed by atoms with van der Waals surface area (Å²) < 4.78 is 10.6. The summed E-state index contributed by atoms with van der Waals surface area (Å²) >= 11 is 2.68. The Morgan fingerprint density at radius 3 is 2.55 bits per heavy atom. The average molecular weight is 459 g/mol. The molecule has 1 aromatic carbocycles. The molecular formula is C22H22N2O5S2. The van der Waals surface area contributed by atoms with Crippen molar-refractivity contribution < 1.29 is 23.9 Å². The van der Waals surface area contributed by atoms with Crippen molar-refractivity contribution in [3.63, 3.8) is 0 Å². The molecule has 0 saturated heterocycles. The number of para-hydroxylation sites is 2. The molecule has 0 bridgehead atoms. The summed E-state index contributed by atoms with van der Waals surface area (Å²) in [4.78, 5) is 44.0. The van der Waals surface area contributed by atoms with Crippen molar-refractivity contribution in [2.45, 2.75) is 33.3 Å². The lowest BCUT2D eigenvalue weighted by atomic mass is 10.2. The number of nitrogens with zero attached hydrogens (tertiary/aromatic N) is 2. The molecule has 0 aliphatic heterocycles. The molecule has 9 heteroatoms. The van der Waals surface area contributed by atoms with Gasteiger partial charge in [0.25, 0.3) is 0 Å². The van der Waals surface area contributed by atoms with E-state index in [1.807, 2.05) is 25.1 Å². The van der Waals surface area contributed by atoms with Gasteiger partial charge in [-0.25, -0.2) is 4.98 Å². The fourth-order valence-corrected chi connectivity index (χ4v) is 4.54. The van der Waals surface area contributed by atoms with E-state index in [0.29, 0.717) is 27.1 Å². The van der Waals surface area contributed by atoms with Gasteiger partial charge in [-0.2, -0.15) is 0 Å². The molecule has 0 aliphatic rings. The van der Waals surface area contributed by atoms with E-state index in [-0.39, 0.29) is 31.1 Å². The minimum atomic E-state index is -0.468. The van der Waals surface area contributed by atoms with Crippen LogP contribution in [-0.4, -0.2) is 29.8 Å². The smallest absolute Gasteiger partial charge is 0.306 e. The highest BCUT2D eigenvalue weighted by Gasteiger charge is 2.21. The van der Waals surface area contributed by atoms with Gasteiger partial charge in [-0.1, -0.05) is 12.1 Å². The number of thiazole rings is 1. The highest BCUT2D eigenvalue weighted by Crippen LogP contribution is 2.35. The Balaban J connectivity index is 1.59. The van der Waals surface area contributed by atoms with Crippen molar-refractivity contribution in [1.82, 2.24) is 4.98 Å². The zero-order valence-corrected chi connectivity index (χ0v) is 19.0. The molecule has 1 amide bonds. The van der Waals surface area contributed by atoms with Gasteiger partial charge in [0.1, 0.15) is 12.4 Å². The molecule has 0 unspecified atom stereocenters. The number of Topliss-reactive ketones (excluding diaryl/α,β-unsaturated/α-hetero) is 1. The monoisotopic (exact) mass is 458 g/mol. The van der Waals surface area contributed by atoms with E-state index in [1.54, 1.807) is 23.6 Å². The molecule has 2 heterocycles. The molecule has 0 spiro atoms. The molecule has 0 atom stereocenters. The maximum atomic E-state index is 12.3. The van der Waals surface area contributed by atoms with E-state index in [9.17, 15) is 14.4 Å². The van der Waals surface area contributed by atoms with Gasteiger partial charge in [0, 0.05) is 23.6 Å². The number of anilines is 2. The van der Waals surface area contributed by atoms with Crippen LogP contribution in [0.25, 0.3) is 0 Å². The third kappa shape index (κ3) is 5.77. The van der Waals surface area contributed by atoms with Gasteiger partial charge in [-0.05, 0) is 31.2 Å². The van der Waals surface area contributed by atoms with E-state index >= 15 is 0 Å². The van der Waals surface area contributed by atoms with Crippen LogP contribution in [0.15, 0.2) is 41.8 Å². The highest BCUT2D eigenvalue weighted by atomic mass is 32.1. The van der Waals surface area contributed by atoms with Gasteiger partial charge in [0.05, 0.1) is 29.8 Å². The number of amides is 1. The van der Waals surface area contributed by atoms with E-state index in [1.165, 1.54) is 41.6 Å². The van der Waals surface area contributed by atoms with Crippen LogP contribution in [0.3, 0.4) is 0 Å². The summed E-state index contributed by atoms with van der Waals surface area (Å²) in [5.41, 5.74) is 1.10. The second kappa shape index (κ2) is 10.3.